The van der Waals surface area contributed by atoms with Gasteiger partial charge in [0, 0.05) is 65.2 Å². The van der Waals surface area contributed by atoms with Crippen molar-refractivity contribution in [2.24, 2.45) is 7.05 Å². The van der Waals surface area contributed by atoms with Crippen LogP contribution in [0.3, 0.4) is 0 Å². The Balaban J connectivity index is 1.16. The Hall–Kier alpha value is -5.75. The minimum Gasteiger partial charge on any atom is -0.457 e. The number of aromatic nitrogens is 3. The second-order valence-corrected chi connectivity index (χ2v) is 16.5. The number of nitrogens with zero attached hydrogens (tertiary/aromatic N) is 5. The molecule has 0 radical (unpaired) electrons. The molecule has 0 N–H and O–H groups in total. The SMILES string of the molecule is CN1CN(c2cc(Oc3ccc4c5ccccc5n(-c5cc(C(C)(C)C)ccn5)c4c3)cc(C(C)(C)C)c2)c2cc3c4ccccc4n(C)c3cc21. The molecule has 0 unspecified atom stereocenters. The molecule has 9 rings (SSSR count). The lowest BCUT2D eigenvalue weighted by atomic mass is 9.86. The van der Waals surface area contributed by atoms with Crippen molar-refractivity contribution in [3.8, 4) is 17.3 Å². The molecule has 0 amide bonds. The summed E-state index contributed by atoms with van der Waals surface area (Å²) in [5.74, 6) is 2.52. The van der Waals surface area contributed by atoms with Gasteiger partial charge in [-0.1, -0.05) is 77.9 Å². The maximum Gasteiger partial charge on any atom is 0.137 e. The largest absolute Gasteiger partial charge is 0.457 e. The molecule has 0 saturated heterocycles. The zero-order valence-electron chi connectivity index (χ0n) is 31.3. The molecule has 0 bridgehead atoms. The van der Waals surface area contributed by atoms with Crippen LogP contribution in [0.25, 0.3) is 49.4 Å². The first-order valence-corrected chi connectivity index (χ1v) is 18.2. The number of para-hydroxylation sites is 2. The number of ether oxygens (including phenoxy) is 1. The summed E-state index contributed by atoms with van der Waals surface area (Å²) in [6.07, 6.45) is 1.93. The fourth-order valence-corrected chi connectivity index (χ4v) is 7.92. The van der Waals surface area contributed by atoms with Crippen molar-refractivity contribution in [1.29, 1.82) is 0 Å². The summed E-state index contributed by atoms with van der Waals surface area (Å²) in [7, 11) is 4.34. The molecule has 4 heterocycles. The fraction of sp³-hybridized carbons (Fsp3) is 0.239. The van der Waals surface area contributed by atoms with Gasteiger partial charge in [0.25, 0.3) is 0 Å². The Morgan fingerprint density at radius 2 is 1.25 bits per heavy atom. The minimum atomic E-state index is -0.0811. The Morgan fingerprint density at radius 3 is 2.00 bits per heavy atom. The molecule has 6 nitrogen and oxygen atoms in total. The van der Waals surface area contributed by atoms with Crippen molar-refractivity contribution in [3.05, 3.63) is 127 Å². The summed E-state index contributed by atoms with van der Waals surface area (Å²) in [5, 5.41) is 4.91. The van der Waals surface area contributed by atoms with Crippen LogP contribution in [0.4, 0.5) is 17.1 Å². The van der Waals surface area contributed by atoms with E-state index in [1.54, 1.807) is 0 Å². The zero-order chi connectivity index (χ0) is 36.1. The van der Waals surface area contributed by atoms with E-state index in [-0.39, 0.29) is 10.8 Å². The maximum atomic E-state index is 6.86. The fourth-order valence-electron chi connectivity index (χ4n) is 7.92. The number of hydrogen-bond donors (Lipinski definition) is 0. The molecule has 52 heavy (non-hydrogen) atoms. The third kappa shape index (κ3) is 5.11. The normalized spacial score (nSPS) is 13.6. The molecular formula is C46H45N5O. The van der Waals surface area contributed by atoms with Gasteiger partial charge in [0.15, 0.2) is 0 Å². The molecule has 1 aliphatic heterocycles. The Morgan fingerprint density at radius 1 is 0.558 bits per heavy atom. The van der Waals surface area contributed by atoms with Crippen LogP contribution in [-0.2, 0) is 17.9 Å². The smallest absolute Gasteiger partial charge is 0.137 e. The molecule has 6 heteroatoms. The van der Waals surface area contributed by atoms with Crippen LogP contribution in [0.15, 0.2) is 115 Å². The van der Waals surface area contributed by atoms with Gasteiger partial charge in [-0.15, -0.1) is 0 Å². The molecule has 5 aromatic carbocycles. The number of anilines is 3. The number of rotatable bonds is 4. The summed E-state index contributed by atoms with van der Waals surface area (Å²) in [6, 6.07) is 39.5. The third-order valence-electron chi connectivity index (χ3n) is 10.9. The number of hydrogen-bond acceptors (Lipinski definition) is 4. The first-order chi connectivity index (χ1) is 24.8. The van der Waals surface area contributed by atoms with E-state index in [0.717, 1.165) is 40.7 Å². The van der Waals surface area contributed by atoms with Crippen LogP contribution < -0.4 is 14.5 Å². The summed E-state index contributed by atoms with van der Waals surface area (Å²) >= 11 is 0. The van der Waals surface area contributed by atoms with Crippen molar-refractivity contribution >= 4 is 60.7 Å². The van der Waals surface area contributed by atoms with Crippen LogP contribution in [0, 0.1) is 0 Å². The molecule has 0 atom stereocenters. The van der Waals surface area contributed by atoms with Crippen molar-refractivity contribution in [2.75, 3.05) is 23.5 Å². The quantitative estimate of drug-likeness (QED) is 0.185. The van der Waals surface area contributed by atoms with E-state index >= 15 is 0 Å². The Kier molecular flexibility index (Phi) is 7.04. The lowest BCUT2D eigenvalue weighted by molar-refractivity contribution is 0.479. The summed E-state index contributed by atoms with van der Waals surface area (Å²) in [4.78, 5) is 9.64. The first-order valence-electron chi connectivity index (χ1n) is 18.2. The molecule has 0 aliphatic carbocycles. The minimum absolute atomic E-state index is 0.00600. The van der Waals surface area contributed by atoms with Crippen LogP contribution in [0.2, 0.25) is 0 Å². The van der Waals surface area contributed by atoms with Gasteiger partial charge in [-0.3, -0.25) is 4.57 Å². The van der Waals surface area contributed by atoms with Gasteiger partial charge in [-0.05, 0) is 82.6 Å². The standard InChI is InChI=1S/C46H45N5O/c1-45(2,3)29-19-20-47-44(23-29)51-39-16-12-10-13-34(39)36-18-17-32(25-41(36)51)52-33-22-30(46(4,5)6)21-31(24-33)50-28-48(7)42-27-40-37(26-43(42)50)35-14-9-11-15-38(35)49(40)8/h9-27H,28H2,1-8H3. The van der Waals surface area contributed by atoms with Crippen LogP contribution in [-0.4, -0.2) is 27.8 Å². The third-order valence-corrected chi connectivity index (χ3v) is 10.9. The molecule has 3 aromatic heterocycles. The highest BCUT2D eigenvalue weighted by Gasteiger charge is 2.28. The highest BCUT2D eigenvalue weighted by atomic mass is 16.5. The number of pyridine rings is 1. The average molecular weight is 684 g/mol. The van der Waals surface area contributed by atoms with Gasteiger partial charge < -0.3 is 19.1 Å². The van der Waals surface area contributed by atoms with Crippen LogP contribution >= 0.6 is 0 Å². The number of aryl methyl sites for hydroxylation is 1. The summed E-state index contributed by atoms with van der Waals surface area (Å²) < 4.78 is 11.4. The molecule has 0 saturated carbocycles. The topological polar surface area (TPSA) is 38.5 Å². The van der Waals surface area contributed by atoms with E-state index in [9.17, 15) is 0 Å². The maximum absolute atomic E-state index is 6.86. The highest BCUT2D eigenvalue weighted by molar-refractivity contribution is 6.12. The van der Waals surface area contributed by atoms with E-state index in [4.69, 9.17) is 9.72 Å². The summed E-state index contributed by atoms with van der Waals surface area (Å²) in [6.45, 7) is 14.3. The van der Waals surface area contributed by atoms with Crippen molar-refractivity contribution in [3.63, 3.8) is 0 Å². The molecule has 0 fully saturated rings. The van der Waals surface area contributed by atoms with Crippen LogP contribution in [0.1, 0.15) is 52.7 Å². The van der Waals surface area contributed by atoms with Crippen molar-refractivity contribution in [2.45, 2.75) is 52.4 Å². The van der Waals surface area contributed by atoms with E-state index in [1.807, 2.05) is 6.20 Å². The van der Waals surface area contributed by atoms with Gasteiger partial charge in [-0.2, -0.15) is 0 Å². The van der Waals surface area contributed by atoms with Crippen LogP contribution in [0.5, 0.6) is 11.5 Å². The summed E-state index contributed by atoms with van der Waals surface area (Å²) in [5.41, 5.74) is 10.6. The predicted molar refractivity (Wildman–Crippen MR) is 218 cm³/mol. The highest BCUT2D eigenvalue weighted by Crippen LogP contribution is 2.46. The van der Waals surface area contributed by atoms with Gasteiger partial charge in [-0.25, -0.2) is 4.98 Å². The Bertz CT molecular complexity index is 2700. The molecule has 0 spiro atoms. The average Bonchev–Trinajstić information content (AvgIpc) is 3.73. The van der Waals surface area contributed by atoms with E-state index < -0.39 is 0 Å². The van der Waals surface area contributed by atoms with Crippen molar-refractivity contribution in [1.82, 2.24) is 14.1 Å². The van der Waals surface area contributed by atoms with Crippen molar-refractivity contribution < 1.29 is 4.74 Å². The molecular weight excluding hydrogens is 639 g/mol. The lowest BCUT2D eigenvalue weighted by Gasteiger charge is -2.25. The van der Waals surface area contributed by atoms with Gasteiger partial charge >= 0.3 is 0 Å². The zero-order valence-corrected chi connectivity index (χ0v) is 31.3. The molecule has 260 valence electrons. The van der Waals surface area contributed by atoms with E-state index in [1.165, 1.54) is 55.1 Å². The van der Waals surface area contributed by atoms with Gasteiger partial charge in [0.05, 0.1) is 34.6 Å². The predicted octanol–water partition coefficient (Wildman–Crippen LogP) is 11.8. The first kappa shape index (κ1) is 32.2. The Labute approximate surface area is 305 Å². The second kappa shape index (κ2) is 11.4. The van der Waals surface area contributed by atoms with Gasteiger partial charge in [0.2, 0.25) is 0 Å². The second-order valence-electron chi connectivity index (χ2n) is 16.5. The van der Waals surface area contributed by atoms with Gasteiger partial charge in [0.1, 0.15) is 17.3 Å². The van der Waals surface area contributed by atoms with E-state index in [2.05, 4.69) is 184 Å². The number of fused-ring (bicyclic) bond motifs is 7. The molecule has 1 aliphatic rings. The molecule has 8 aromatic rings. The monoisotopic (exact) mass is 683 g/mol. The number of benzene rings is 5. The lowest BCUT2D eigenvalue weighted by Crippen LogP contribution is -2.24. The van der Waals surface area contributed by atoms with E-state index in [0.29, 0.717) is 0 Å².